The summed E-state index contributed by atoms with van der Waals surface area (Å²) in [6.45, 7) is 0. The molecule has 3 aromatic carbocycles. The molecule has 5 aromatic rings. The first-order valence-electron chi connectivity index (χ1n) is 8.40. The van der Waals surface area contributed by atoms with Crippen molar-refractivity contribution in [3.8, 4) is 17.4 Å². The van der Waals surface area contributed by atoms with Crippen molar-refractivity contribution in [2.45, 2.75) is 0 Å². The molecule has 122 valence electrons. The molecule has 26 heavy (non-hydrogen) atoms. The molecule has 0 amide bonds. The molecule has 0 saturated heterocycles. The van der Waals surface area contributed by atoms with Crippen molar-refractivity contribution in [1.82, 2.24) is 14.3 Å². The Balaban J connectivity index is 1.82. The first-order valence-corrected chi connectivity index (χ1v) is 8.40. The molecule has 0 atom stereocenters. The lowest BCUT2D eigenvalue weighted by atomic mass is 10.1. The zero-order valence-electron chi connectivity index (χ0n) is 13.9. The van der Waals surface area contributed by atoms with Gasteiger partial charge in [-0.25, -0.2) is 4.68 Å². The maximum atomic E-state index is 9.01. The Morgan fingerprint density at radius 2 is 1.50 bits per heavy atom. The van der Waals surface area contributed by atoms with Gasteiger partial charge in [-0.15, -0.1) is 0 Å². The third-order valence-corrected chi connectivity index (χ3v) is 4.64. The smallest absolute Gasteiger partial charge is 0.162 e. The van der Waals surface area contributed by atoms with Crippen LogP contribution in [0.25, 0.3) is 33.2 Å². The highest BCUT2D eigenvalue weighted by Gasteiger charge is 2.13. The Kier molecular flexibility index (Phi) is 3.13. The molecular formula is C22H14N4. The van der Waals surface area contributed by atoms with E-state index in [-0.39, 0.29) is 0 Å². The number of benzene rings is 3. The van der Waals surface area contributed by atoms with Crippen LogP contribution in [0.3, 0.4) is 0 Å². The van der Waals surface area contributed by atoms with Crippen LogP contribution in [0.1, 0.15) is 5.69 Å². The lowest BCUT2D eigenvalue weighted by Gasteiger charge is -2.08. The predicted octanol–water partition coefficient (Wildman–Crippen LogP) is 4.84. The van der Waals surface area contributed by atoms with Crippen molar-refractivity contribution in [1.29, 1.82) is 5.26 Å². The van der Waals surface area contributed by atoms with E-state index in [1.165, 1.54) is 10.9 Å². The first-order chi connectivity index (χ1) is 12.8. The molecule has 4 nitrogen and oxygen atoms in total. The van der Waals surface area contributed by atoms with Crippen LogP contribution in [0.4, 0.5) is 0 Å². The summed E-state index contributed by atoms with van der Waals surface area (Å²) in [6, 6.07) is 28.9. The summed E-state index contributed by atoms with van der Waals surface area (Å²) in [7, 11) is 0. The second kappa shape index (κ2) is 5.61. The quantitative estimate of drug-likeness (QED) is 0.464. The summed E-state index contributed by atoms with van der Waals surface area (Å²) in [4.78, 5) is 0. The van der Waals surface area contributed by atoms with E-state index < -0.39 is 0 Å². The van der Waals surface area contributed by atoms with E-state index in [0.29, 0.717) is 5.69 Å². The van der Waals surface area contributed by atoms with Gasteiger partial charge >= 0.3 is 0 Å². The predicted molar refractivity (Wildman–Crippen MR) is 103 cm³/mol. The molecule has 0 aliphatic heterocycles. The number of nitrogens with zero attached hydrogens (tertiary/aromatic N) is 4. The summed E-state index contributed by atoms with van der Waals surface area (Å²) in [5.74, 6) is 0. The normalized spacial score (nSPS) is 11.0. The van der Waals surface area contributed by atoms with Crippen LogP contribution in [0, 0.1) is 11.3 Å². The molecule has 0 spiro atoms. The largest absolute Gasteiger partial charge is 0.309 e. The van der Waals surface area contributed by atoms with E-state index in [1.54, 1.807) is 10.7 Å². The number of nitriles is 1. The highest BCUT2D eigenvalue weighted by molar-refractivity contribution is 6.09. The van der Waals surface area contributed by atoms with Crippen LogP contribution in [-0.4, -0.2) is 14.3 Å². The van der Waals surface area contributed by atoms with Gasteiger partial charge in [-0.2, -0.15) is 10.4 Å². The molecule has 0 fully saturated rings. The second-order valence-corrected chi connectivity index (χ2v) is 6.15. The minimum absolute atomic E-state index is 0.414. The van der Waals surface area contributed by atoms with E-state index >= 15 is 0 Å². The molecule has 0 saturated carbocycles. The lowest BCUT2D eigenvalue weighted by Crippen LogP contribution is -1.96. The maximum absolute atomic E-state index is 9.01. The fourth-order valence-electron chi connectivity index (χ4n) is 3.49. The SMILES string of the molecule is N#Cc1ccn(-c2ccc3c(c2)c2ccccc2n3-c2ccccc2)n1. The number of aromatic nitrogens is 3. The summed E-state index contributed by atoms with van der Waals surface area (Å²) in [6.07, 6.45) is 1.82. The minimum Gasteiger partial charge on any atom is -0.309 e. The molecule has 2 heterocycles. The van der Waals surface area contributed by atoms with Gasteiger partial charge < -0.3 is 4.57 Å². The molecule has 0 aliphatic carbocycles. The van der Waals surface area contributed by atoms with Crippen molar-refractivity contribution < 1.29 is 0 Å². The van der Waals surface area contributed by atoms with Gasteiger partial charge in [-0.1, -0.05) is 36.4 Å². The average molecular weight is 334 g/mol. The standard InChI is InChI=1S/C22H14N4/c23-15-16-12-13-25(24-16)18-10-11-22-20(14-18)19-8-4-5-9-21(19)26(22)17-6-2-1-3-7-17/h1-14H. The second-order valence-electron chi connectivity index (χ2n) is 6.15. The fraction of sp³-hybridized carbons (Fsp3) is 0. The molecule has 0 N–H and O–H groups in total. The summed E-state index contributed by atoms with van der Waals surface area (Å²) < 4.78 is 4.02. The van der Waals surface area contributed by atoms with E-state index in [0.717, 1.165) is 22.3 Å². The third kappa shape index (κ3) is 2.11. The Morgan fingerprint density at radius 1 is 0.731 bits per heavy atom. The van der Waals surface area contributed by atoms with Crippen molar-refractivity contribution in [2.75, 3.05) is 0 Å². The highest BCUT2D eigenvalue weighted by atomic mass is 15.3. The number of para-hydroxylation sites is 2. The Morgan fingerprint density at radius 3 is 2.31 bits per heavy atom. The van der Waals surface area contributed by atoms with Crippen molar-refractivity contribution in [3.05, 3.63) is 90.8 Å². The van der Waals surface area contributed by atoms with Gasteiger partial charge in [0.15, 0.2) is 5.69 Å². The zero-order chi connectivity index (χ0) is 17.5. The van der Waals surface area contributed by atoms with Gasteiger partial charge in [-0.3, -0.25) is 0 Å². The van der Waals surface area contributed by atoms with Gasteiger partial charge in [0.2, 0.25) is 0 Å². The number of rotatable bonds is 2. The molecular weight excluding hydrogens is 320 g/mol. The van der Waals surface area contributed by atoms with E-state index in [1.807, 2.05) is 18.3 Å². The van der Waals surface area contributed by atoms with Gasteiger partial charge in [0.25, 0.3) is 0 Å². The average Bonchev–Trinajstić information content (AvgIpc) is 3.31. The van der Waals surface area contributed by atoms with E-state index in [4.69, 9.17) is 5.26 Å². The summed E-state index contributed by atoms with van der Waals surface area (Å²) >= 11 is 0. The van der Waals surface area contributed by atoms with Gasteiger partial charge in [0.05, 0.1) is 16.7 Å². The molecule has 0 aliphatic rings. The monoisotopic (exact) mass is 334 g/mol. The van der Waals surface area contributed by atoms with E-state index in [2.05, 4.69) is 76.4 Å². The minimum atomic E-state index is 0.414. The zero-order valence-corrected chi connectivity index (χ0v) is 13.9. The lowest BCUT2D eigenvalue weighted by molar-refractivity contribution is 0.874. The number of hydrogen-bond donors (Lipinski definition) is 0. The van der Waals surface area contributed by atoms with Gasteiger partial charge in [-0.05, 0) is 42.5 Å². The third-order valence-electron chi connectivity index (χ3n) is 4.64. The first kappa shape index (κ1) is 14.5. The van der Waals surface area contributed by atoms with Crippen molar-refractivity contribution in [3.63, 3.8) is 0 Å². The van der Waals surface area contributed by atoms with Gasteiger partial charge in [0, 0.05) is 22.7 Å². The molecule has 0 bridgehead atoms. The Labute approximate surface area is 150 Å². The van der Waals surface area contributed by atoms with Crippen LogP contribution in [0.2, 0.25) is 0 Å². The number of hydrogen-bond acceptors (Lipinski definition) is 2. The molecule has 0 unspecified atom stereocenters. The van der Waals surface area contributed by atoms with Gasteiger partial charge in [0.1, 0.15) is 6.07 Å². The summed E-state index contributed by atoms with van der Waals surface area (Å²) in [5.41, 5.74) is 4.81. The van der Waals surface area contributed by atoms with Crippen LogP contribution in [0.15, 0.2) is 85.1 Å². The Hall–Kier alpha value is -3.84. The van der Waals surface area contributed by atoms with Crippen LogP contribution in [0.5, 0.6) is 0 Å². The molecule has 4 heteroatoms. The molecule has 5 rings (SSSR count). The summed E-state index contributed by atoms with van der Waals surface area (Å²) in [5, 5.41) is 15.7. The van der Waals surface area contributed by atoms with E-state index in [9.17, 15) is 0 Å². The maximum Gasteiger partial charge on any atom is 0.162 e. The van der Waals surface area contributed by atoms with Crippen LogP contribution >= 0.6 is 0 Å². The Bertz CT molecular complexity index is 1290. The topological polar surface area (TPSA) is 46.5 Å². The van der Waals surface area contributed by atoms with Crippen LogP contribution in [-0.2, 0) is 0 Å². The highest BCUT2D eigenvalue weighted by Crippen LogP contribution is 2.33. The number of fused-ring (bicyclic) bond motifs is 3. The van der Waals surface area contributed by atoms with Crippen molar-refractivity contribution in [2.24, 2.45) is 0 Å². The van der Waals surface area contributed by atoms with Crippen LogP contribution < -0.4 is 0 Å². The van der Waals surface area contributed by atoms with Crippen molar-refractivity contribution >= 4 is 21.8 Å². The molecule has 0 radical (unpaired) electrons. The fourth-order valence-corrected chi connectivity index (χ4v) is 3.49. The molecule has 2 aromatic heterocycles.